The Morgan fingerprint density at radius 1 is 0.250 bits per heavy atom. The van der Waals surface area contributed by atoms with Crippen molar-refractivity contribution in [1.82, 2.24) is 0 Å². The van der Waals surface area contributed by atoms with Crippen molar-refractivity contribution in [3.05, 3.63) is 320 Å². The van der Waals surface area contributed by atoms with Gasteiger partial charge >= 0.3 is 0 Å². The third-order valence-corrected chi connectivity index (χ3v) is 29.7. The maximum absolute atomic E-state index is 3.71. The smallest absolute Gasteiger partial charge is 0.0778 e. The summed E-state index contributed by atoms with van der Waals surface area (Å²) in [6, 6.07) is 98.7. The lowest BCUT2D eigenvalue weighted by Gasteiger charge is -2.40. The van der Waals surface area contributed by atoms with E-state index in [4.69, 9.17) is 0 Å². The number of hydrogen-bond donors (Lipinski definition) is 0. The highest BCUT2D eigenvalue weighted by Gasteiger charge is 2.58. The number of hydrogen-bond acceptors (Lipinski definition) is 5. The molecule has 16 rings (SSSR count). The summed E-state index contributed by atoms with van der Waals surface area (Å²) in [5.41, 5.74) is 31.7. The Bertz CT molecular complexity index is 5360. The molecule has 0 unspecified atom stereocenters. The molecule has 3 aromatic heterocycles. The average molecular weight is 1630 g/mol. The summed E-state index contributed by atoms with van der Waals surface area (Å²) >= 11 is 5.65. The molecule has 120 heavy (non-hydrogen) atoms. The second kappa shape index (κ2) is 39.7. The molecule has 3 aliphatic carbocycles. The Kier molecular flexibility index (Phi) is 27.7. The van der Waals surface area contributed by atoms with Crippen molar-refractivity contribution in [2.45, 2.75) is 250 Å². The van der Waals surface area contributed by atoms with Gasteiger partial charge in [0.1, 0.15) is 0 Å². The Hall–Kier alpha value is -9.98. The standard InChI is InChI=1S/C115H122N2S3/c1-7-13-19-37-75-113(76-38-20-14-8-2)101-82-87(104-52-43-81-118-104)59-70-98(101)107-110(113)108-99-71-60-88(105-73-68-96(119-105)66-57-85-53-62-94(63-54-85)116(90-44-29-25-30-45-90)91-46-31-26-32-47-91)83-102(99)115(79-41-23-17-11-5,80-42-24-18-12-6)112(108)109-100-72-61-89(84-103(100)114(111(107)109,77-39-21-15-9-3)78-40-22-16-10-4)106-74-69-97(120-106)67-58-86-55-64-95(65-56-86)117(92-48-33-27-34-49-92)93-50-35-28-36-51-93/h25-36,43-56,59-65,68-74,81-84H,7-24,37-42,75-80H2,1-6H3. The van der Waals surface area contributed by atoms with Crippen LogP contribution in [0.4, 0.5) is 34.1 Å². The lowest BCUT2D eigenvalue weighted by Crippen LogP contribution is -2.31. The van der Waals surface area contributed by atoms with Gasteiger partial charge in [0.25, 0.3) is 0 Å². The molecule has 0 spiro atoms. The van der Waals surface area contributed by atoms with Crippen LogP contribution in [-0.2, 0) is 16.2 Å². The first-order valence-corrected chi connectivity index (χ1v) is 48.8. The molecule has 0 saturated heterocycles. The van der Waals surface area contributed by atoms with Crippen LogP contribution in [0.5, 0.6) is 0 Å². The zero-order valence-electron chi connectivity index (χ0n) is 72.2. The van der Waals surface area contributed by atoms with Gasteiger partial charge in [0.15, 0.2) is 0 Å². The van der Waals surface area contributed by atoms with Crippen molar-refractivity contribution in [2.75, 3.05) is 9.80 Å². The molecule has 13 aromatic rings. The maximum Gasteiger partial charge on any atom is 0.0778 e. The van der Waals surface area contributed by atoms with E-state index in [0.717, 1.165) is 80.7 Å². The molecule has 0 amide bonds. The molecule has 0 aliphatic heterocycles. The van der Waals surface area contributed by atoms with Gasteiger partial charge < -0.3 is 9.80 Å². The molecule has 5 heteroatoms. The van der Waals surface area contributed by atoms with Crippen molar-refractivity contribution >= 4 is 68.1 Å². The maximum atomic E-state index is 3.71. The Morgan fingerprint density at radius 3 is 0.808 bits per heavy atom. The number of anilines is 6. The highest BCUT2D eigenvalue weighted by atomic mass is 32.1. The fourth-order valence-corrected chi connectivity index (χ4v) is 23.2. The Morgan fingerprint density at radius 2 is 0.533 bits per heavy atom. The molecule has 3 aliphatic rings. The Balaban J connectivity index is 0.898. The van der Waals surface area contributed by atoms with Crippen LogP contribution < -0.4 is 9.80 Å². The molecule has 0 fully saturated rings. The van der Waals surface area contributed by atoms with Gasteiger partial charge in [0.05, 0.1) is 9.75 Å². The number of thiophene rings is 3. The van der Waals surface area contributed by atoms with E-state index in [2.05, 4.69) is 341 Å². The van der Waals surface area contributed by atoms with E-state index in [1.165, 1.54) is 209 Å². The minimum atomic E-state index is -0.238. The van der Waals surface area contributed by atoms with E-state index < -0.39 is 0 Å². The molecular weight excluding hydrogens is 1510 g/mol. The molecule has 0 N–H and O–H groups in total. The summed E-state index contributed by atoms with van der Waals surface area (Å²) in [5, 5.41) is 2.30. The molecule has 0 atom stereocenters. The SMILES string of the molecule is CCCCCCC1(CCCCCC)c2cc(-c3cccs3)ccc2-c2c1c1c(c3c2C(CCCCCC)(CCCCCC)c2cc(-c4ccc(C#Cc5ccc(N(c6ccccc6)c6ccccc6)cc5)s4)ccc2-3)C(CCCCCC)(CCCCCC)c2cc(-c3ccc(C#Cc4ccc(N(c5ccccc5)c5ccccc5)cc4)s3)ccc2-1. The van der Waals surface area contributed by atoms with E-state index in [1.807, 2.05) is 34.0 Å². The summed E-state index contributed by atoms with van der Waals surface area (Å²) < 4.78 is 0. The zero-order chi connectivity index (χ0) is 82.1. The van der Waals surface area contributed by atoms with Crippen molar-refractivity contribution in [3.63, 3.8) is 0 Å². The summed E-state index contributed by atoms with van der Waals surface area (Å²) in [6.07, 6.45) is 36.6. The van der Waals surface area contributed by atoms with Crippen molar-refractivity contribution < 1.29 is 0 Å². The summed E-state index contributed by atoms with van der Waals surface area (Å²) in [5.74, 6) is 14.7. The van der Waals surface area contributed by atoms with Crippen molar-refractivity contribution in [2.24, 2.45) is 0 Å². The molecular formula is C115H122N2S3. The van der Waals surface area contributed by atoms with Crippen LogP contribution in [0.25, 0.3) is 64.7 Å². The van der Waals surface area contributed by atoms with Crippen LogP contribution in [0.15, 0.2) is 266 Å². The fraction of sp³-hybridized carbons (Fsp3) is 0.339. The summed E-state index contributed by atoms with van der Waals surface area (Å²) in [7, 11) is 0. The number of benzene rings is 10. The number of rotatable bonds is 39. The highest BCUT2D eigenvalue weighted by Crippen LogP contribution is 2.72. The third kappa shape index (κ3) is 17.5. The first-order valence-electron chi connectivity index (χ1n) is 46.2. The normalized spacial score (nSPS) is 13.3. The monoisotopic (exact) mass is 1630 g/mol. The summed E-state index contributed by atoms with van der Waals surface area (Å²) in [6.45, 7) is 14.5. The fourth-order valence-electron chi connectivity index (χ4n) is 20.8. The quantitative estimate of drug-likeness (QED) is 0.0280. The lowest BCUT2D eigenvalue weighted by atomic mass is 9.63. The van der Waals surface area contributed by atoms with Crippen LogP contribution in [0.1, 0.15) is 288 Å². The highest BCUT2D eigenvalue weighted by molar-refractivity contribution is 7.16. The largest absolute Gasteiger partial charge is 0.311 e. The minimum absolute atomic E-state index is 0.197. The predicted molar refractivity (Wildman–Crippen MR) is 522 cm³/mol. The van der Waals surface area contributed by atoms with E-state index in [0.29, 0.717) is 0 Å². The topological polar surface area (TPSA) is 6.48 Å². The first kappa shape index (κ1) is 83.7. The number of para-hydroxylation sites is 4. The molecule has 3 heterocycles. The molecule has 2 nitrogen and oxygen atoms in total. The van der Waals surface area contributed by atoms with E-state index in [9.17, 15) is 0 Å². The van der Waals surface area contributed by atoms with E-state index >= 15 is 0 Å². The van der Waals surface area contributed by atoms with Crippen LogP contribution in [0, 0.1) is 23.7 Å². The third-order valence-electron chi connectivity index (χ3n) is 26.6. The van der Waals surface area contributed by atoms with Gasteiger partial charge in [-0.2, -0.15) is 0 Å². The van der Waals surface area contributed by atoms with Gasteiger partial charge in [-0.15, -0.1) is 34.0 Å². The second-order valence-corrected chi connectivity index (χ2v) is 37.7. The zero-order valence-corrected chi connectivity index (χ0v) is 74.7. The number of unbranched alkanes of at least 4 members (excludes halogenated alkanes) is 18. The second-order valence-electron chi connectivity index (χ2n) is 34.6. The van der Waals surface area contributed by atoms with Gasteiger partial charge in [0, 0.05) is 76.1 Å². The van der Waals surface area contributed by atoms with E-state index in [1.54, 1.807) is 55.6 Å². The molecule has 610 valence electrons. The van der Waals surface area contributed by atoms with E-state index in [-0.39, 0.29) is 16.2 Å². The van der Waals surface area contributed by atoms with Crippen molar-refractivity contribution in [1.29, 1.82) is 0 Å². The lowest BCUT2D eigenvalue weighted by molar-refractivity contribution is 0.389. The number of fused-ring (bicyclic) bond motifs is 12. The Labute approximate surface area is 731 Å². The summed E-state index contributed by atoms with van der Waals surface area (Å²) in [4.78, 5) is 10.8. The number of nitrogens with zero attached hydrogens (tertiary/aromatic N) is 2. The minimum Gasteiger partial charge on any atom is -0.311 e. The molecule has 10 aromatic carbocycles. The van der Waals surface area contributed by atoms with Gasteiger partial charge in [-0.25, -0.2) is 0 Å². The average Bonchev–Trinajstić information content (AvgIpc) is 1.48. The van der Waals surface area contributed by atoms with Crippen molar-refractivity contribution in [3.8, 4) is 88.4 Å². The molecule has 0 bridgehead atoms. The molecule has 0 saturated carbocycles. The first-order chi connectivity index (χ1) is 59.2. The van der Waals surface area contributed by atoms with Crippen LogP contribution in [0.2, 0.25) is 0 Å². The molecule has 0 radical (unpaired) electrons. The van der Waals surface area contributed by atoms with Crippen LogP contribution in [-0.4, -0.2) is 0 Å². The predicted octanol–water partition coefficient (Wildman–Crippen LogP) is 35.2. The van der Waals surface area contributed by atoms with Gasteiger partial charge in [-0.1, -0.05) is 335 Å². The van der Waals surface area contributed by atoms with Gasteiger partial charge in [-0.3, -0.25) is 0 Å². The van der Waals surface area contributed by atoms with Crippen LogP contribution in [0.3, 0.4) is 0 Å². The van der Waals surface area contributed by atoms with Gasteiger partial charge in [0.2, 0.25) is 0 Å². The van der Waals surface area contributed by atoms with Gasteiger partial charge in [-0.05, 0) is 273 Å². The van der Waals surface area contributed by atoms with Crippen LogP contribution >= 0.6 is 34.0 Å².